The molecule has 1 aliphatic heterocycles. The van der Waals surface area contributed by atoms with E-state index >= 15 is 0 Å². The molecule has 1 saturated carbocycles. The van der Waals surface area contributed by atoms with Gasteiger partial charge in [-0.2, -0.15) is 0 Å². The molecular weight excluding hydrogens is 390 g/mol. The largest absolute Gasteiger partial charge is 0.452 e. The molecule has 0 unspecified atom stereocenters. The predicted octanol–water partition coefficient (Wildman–Crippen LogP) is 1.90. The van der Waals surface area contributed by atoms with Crippen molar-refractivity contribution in [3.8, 4) is 0 Å². The van der Waals surface area contributed by atoms with Gasteiger partial charge < -0.3 is 10.1 Å². The van der Waals surface area contributed by atoms with E-state index in [2.05, 4.69) is 17.6 Å². The van der Waals surface area contributed by atoms with Gasteiger partial charge in [-0.3, -0.25) is 24.6 Å². The number of nitrogens with one attached hydrogen (secondary N) is 2. The Bertz CT molecular complexity index is 852. The van der Waals surface area contributed by atoms with Crippen molar-refractivity contribution in [2.75, 3.05) is 11.5 Å². The zero-order valence-electron chi connectivity index (χ0n) is 16.8. The van der Waals surface area contributed by atoms with Crippen LogP contribution in [0.4, 0.5) is 10.5 Å². The molecular formula is C21H25N3O6. The fourth-order valence-electron chi connectivity index (χ4n) is 3.75. The molecule has 2 fully saturated rings. The van der Waals surface area contributed by atoms with E-state index in [-0.39, 0.29) is 41.9 Å². The first kappa shape index (κ1) is 21.5. The van der Waals surface area contributed by atoms with Crippen LogP contribution in [0.25, 0.3) is 0 Å². The molecule has 0 spiro atoms. The van der Waals surface area contributed by atoms with Crippen LogP contribution in [0, 0.1) is 5.92 Å². The Labute approximate surface area is 174 Å². The summed E-state index contributed by atoms with van der Waals surface area (Å²) in [6.07, 6.45) is 4.34. The van der Waals surface area contributed by atoms with E-state index in [1.54, 1.807) is 6.07 Å². The summed E-state index contributed by atoms with van der Waals surface area (Å²) >= 11 is 0. The molecule has 2 atom stereocenters. The molecule has 1 aromatic carbocycles. The summed E-state index contributed by atoms with van der Waals surface area (Å²) in [5.41, 5.74) is 0.371. The van der Waals surface area contributed by atoms with Gasteiger partial charge in [0.25, 0.3) is 5.91 Å². The van der Waals surface area contributed by atoms with Crippen LogP contribution in [0.1, 0.15) is 55.8 Å². The van der Waals surface area contributed by atoms with Gasteiger partial charge in [0.2, 0.25) is 11.8 Å². The highest BCUT2D eigenvalue weighted by molar-refractivity contribution is 6.20. The van der Waals surface area contributed by atoms with E-state index in [4.69, 9.17) is 4.74 Å². The minimum Gasteiger partial charge on any atom is -0.452 e. The molecule has 0 bridgehead atoms. The molecule has 30 heavy (non-hydrogen) atoms. The van der Waals surface area contributed by atoms with E-state index in [1.165, 1.54) is 18.2 Å². The molecule has 2 N–H and O–H groups in total. The topological polar surface area (TPSA) is 122 Å². The first-order valence-electron chi connectivity index (χ1n) is 10.1. The van der Waals surface area contributed by atoms with Gasteiger partial charge in [-0.25, -0.2) is 9.59 Å². The average molecular weight is 415 g/mol. The number of hydrogen-bond acceptors (Lipinski definition) is 6. The number of carbonyl (C=O) groups is 5. The first-order chi connectivity index (χ1) is 14.3. The van der Waals surface area contributed by atoms with Crippen LogP contribution < -0.4 is 15.5 Å². The van der Waals surface area contributed by atoms with Crippen molar-refractivity contribution in [1.29, 1.82) is 0 Å². The number of ether oxygens (including phenoxy) is 1. The maximum Gasteiger partial charge on any atom is 0.338 e. The molecule has 2 aliphatic rings. The molecule has 1 aromatic rings. The van der Waals surface area contributed by atoms with Crippen LogP contribution in [0.15, 0.2) is 24.3 Å². The molecule has 0 radical (unpaired) electrons. The summed E-state index contributed by atoms with van der Waals surface area (Å²) in [7, 11) is 0. The monoisotopic (exact) mass is 415 g/mol. The van der Waals surface area contributed by atoms with Crippen molar-refractivity contribution in [3.63, 3.8) is 0 Å². The van der Waals surface area contributed by atoms with E-state index in [0.29, 0.717) is 5.92 Å². The van der Waals surface area contributed by atoms with E-state index in [1.807, 2.05) is 0 Å². The van der Waals surface area contributed by atoms with Gasteiger partial charge >= 0.3 is 12.0 Å². The maximum absolute atomic E-state index is 12.2. The fourth-order valence-corrected chi connectivity index (χ4v) is 3.75. The summed E-state index contributed by atoms with van der Waals surface area (Å²) in [5.74, 6) is -1.86. The lowest BCUT2D eigenvalue weighted by Crippen LogP contribution is -2.48. The quantitative estimate of drug-likeness (QED) is 0.560. The molecule has 9 heteroatoms. The highest BCUT2D eigenvalue weighted by Gasteiger charge is 2.30. The van der Waals surface area contributed by atoms with Crippen molar-refractivity contribution in [3.05, 3.63) is 29.8 Å². The summed E-state index contributed by atoms with van der Waals surface area (Å²) in [4.78, 5) is 60.9. The molecule has 3 rings (SSSR count). The summed E-state index contributed by atoms with van der Waals surface area (Å²) in [6, 6.07) is 5.28. The molecule has 160 valence electrons. The average Bonchev–Trinajstić information content (AvgIpc) is 3.06. The van der Waals surface area contributed by atoms with Gasteiger partial charge in [0, 0.05) is 18.9 Å². The van der Waals surface area contributed by atoms with Gasteiger partial charge in [-0.15, -0.1) is 0 Å². The third kappa shape index (κ3) is 5.22. The number of urea groups is 1. The Morgan fingerprint density at radius 2 is 1.80 bits per heavy atom. The fraction of sp³-hybridized carbons (Fsp3) is 0.476. The summed E-state index contributed by atoms with van der Waals surface area (Å²) in [6.45, 7) is 1.43. The second-order valence-corrected chi connectivity index (χ2v) is 7.64. The molecule has 1 heterocycles. The Balaban J connectivity index is 1.49. The van der Waals surface area contributed by atoms with Crippen molar-refractivity contribution in [1.82, 2.24) is 10.6 Å². The molecule has 1 aliphatic carbocycles. The first-order valence-corrected chi connectivity index (χ1v) is 10.1. The smallest absolute Gasteiger partial charge is 0.338 e. The number of nitrogens with zero attached hydrogens (tertiary/aromatic N) is 1. The minimum atomic E-state index is -0.799. The van der Waals surface area contributed by atoms with E-state index in [0.717, 1.165) is 30.6 Å². The van der Waals surface area contributed by atoms with Gasteiger partial charge in [0.15, 0.2) is 6.61 Å². The van der Waals surface area contributed by atoms with Gasteiger partial charge in [0.05, 0.1) is 11.3 Å². The van der Waals surface area contributed by atoms with Gasteiger partial charge in [-0.1, -0.05) is 25.8 Å². The molecule has 9 nitrogen and oxygen atoms in total. The zero-order chi connectivity index (χ0) is 21.7. The van der Waals surface area contributed by atoms with Crippen LogP contribution in [0.3, 0.4) is 0 Å². The van der Waals surface area contributed by atoms with Crippen molar-refractivity contribution < 1.29 is 28.7 Å². The van der Waals surface area contributed by atoms with Crippen molar-refractivity contribution in [2.24, 2.45) is 5.92 Å². The Morgan fingerprint density at radius 3 is 2.50 bits per heavy atom. The number of carbonyl (C=O) groups excluding carboxylic acids is 5. The molecule has 5 amide bonds. The Kier molecular flexibility index (Phi) is 6.81. The molecule has 0 aromatic heterocycles. The van der Waals surface area contributed by atoms with Crippen LogP contribution >= 0.6 is 0 Å². The van der Waals surface area contributed by atoms with Crippen LogP contribution in [0.5, 0.6) is 0 Å². The Morgan fingerprint density at radius 1 is 1.10 bits per heavy atom. The second kappa shape index (κ2) is 9.51. The van der Waals surface area contributed by atoms with Crippen LogP contribution in [-0.2, 0) is 19.1 Å². The third-order valence-corrected chi connectivity index (χ3v) is 5.41. The number of hydrogen-bond donors (Lipinski definition) is 2. The predicted molar refractivity (Wildman–Crippen MR) is 107 cm³/mol. The minimum absolute atomic E-state index is 0.0212. The highest BCUT2D eigenvalue weighted by atomic mass is 16.5. The van der Waals surface area contributed by atoms with E-state index < -0.39 is 24.5 Å². The standard InChI is InChI=1S/C21H25N3O6/c1-13-5-2-3-8-16(13)22-21(29)23-17(25)12-30-20(28)14-6-4-7-15(11-14)24-18(26)9-10-19(24)27/h4,6-7,11,13,16H,2-3,5,8-10,12H2,1H3,(H2,22,23,25,29)/t13-,16+/m1/s1. The number of rotatable bonds is 5. The lowest BCUT2D eigenvalue weighted by molar-refractivity contribution is -0.123. The lowest BCUT2D eigenvalue weighted by Gasteiger charge is -2.29. The van der Waals surface area contributed by atoms with Crippen LogP contribution in [0.2, 0.25) is 0 Å². The normalized spacial score (nSPS) is 21.3. The Hall–Kier alpha value is -3.23. The zero-order valence-corrected chi connectivity index (χ0v) is 16.8. The number of benzene rings is 1. The number of amides is 5. The third-order valence-electron chi connectivity index (χ3n) is 5.41. The number of anilines is 1. The van der Waals surface area contributed by atoms with Crippen molar-refractivity contribution in [2.45, 2.75) is 51.5 Å². The second-order valence-electron chi connectivity index (χ2n) is 7.64. The highest BCUT2D eigenvalue weighted by Crippen LogP contribution is 2.24. The maximum atomic E-state index is 12.2. The lowest BCUT2D eigenvalue weighted by atomic mass is 9.86. The van der Waals surface area contributed by atoms with Gasteiger partial charge in [-0.05, 0) is 37.0 Å². The number of esters is 1. The summed E-state index contributed by atoms with van der Waals surface area (Å²) < 4.78 is 4.95. The van der Waals surface area contributed by atoms with Gasteiger partial charge in [0.1, 0.15) is 0 Å². The molecule has 1 saturated heterocycles. The van der Waals surface area contributed by atoms with Crippen LogP contribution in [-0.4, -0.2) is 42.4 Å². The summed E-state index contributed by atoms with van der Waals surface area (Å²) in [5, 5.41) is 4.94. The van der Waals surface area contributed by atoms with Crippen molar-refractivity contribution >= 4 is 35.4 Å². The SMILES string of the molecule is C[C@@H]1CCCC[C@@H]1NC(=O)NC(=O)COC(=O)c1cccc(N2C(=O)CCC2=O)c1. The van der Waals surface area contributed by atoms with E-state index in [9.17, 15) is 24.0 Å². The number of imide groups is 2.